The molecular formula is C14H27N3O2S. The SMILES string of the molecule is CCC(C)N(CC)S(=O)(=O)c1cc(CN)n(C(C)C)c1. The Morgan fingerprint density at radius 1 is 1.30 bits per heavy atom. The molecule has 5 nitrogen and oxygen atoms in total. The molecule has 116 valence electrons. The van der Waals surface area contributed by atoms with Crippen molar-refractivity contribution in [2.24, 2.45) is 5.73 Å². The van der Waals surface area contributed by atoms with E-state index >= 15 is 0 Å². The summed E-state index contributed by atoms with van der Waals surface area (Å²) >= 11 is 0. The van der Waals surface area contributed by atoms with E-state index in [4.69, 9.17) is 5.73 Å². The second-order valence-electron chi connectivity index (χ2n) is 5.34. The standard InChI is InChI=1S/C14H27N3O2S/c1-6-12(5)17(7-2)20(18,19)14-8-13(9-15)16(10-14)11(3)4/h8,10-12H,6-7,9,15H2,1-5H3. The predicted molar refractivity (Wildman–Crippen MR) is 82.0 cm³/mol. The quantitative estimate of drug-likeness (QED) is 0.840. The van der Waals surface area contributed by atoms with E-state index in [1.165, 1.54) is 0 Å². The second kappa shape index (κ2) is 6.74. The number of nitrogens with zero attached hydrogens (tertiary/aromatic N) is 2. The number of aromatic nitrogens is 1. The minimum atomic E-state index is -3.45. The van der Waals surface area contributed by atoms with Crippen LogP contribution in [0.15, 0.2) is 17.2 Å². The largest absolute Gasteiger partial charge is 0.346 e. The zero-order chi connectivity index (χ0) is 15.5. The van der Waals surface area contributed by atoms with Gasteiger partial charge >= 0.3 is 0 Å². The molecule has 0 aliphatic rings. The first-order chi connectivity index (χ1) is 9.29. The normalized spacial score (nSPS) is 14.2. The van der Waals surface area contributed by atoms with Crippen LogP contribution in [0, 0.1) is 0 Å². The van der Waals surface area contributed by atoms with E-state index in [0.717, 1.165) is 12.1 Å². The molecule has 2 N–H and O–H groups in total. The highest BCUT2D eigenvalue weighted by molar-refractivity contribution is 7.89. The number of hydrogen-bond acceptors (Lipinski definition) is 3. The highest BCUT2D eigenvalue weighted by Gasteiger charge is 2.28. The maximum Gasteiger partial charge on any atom is 0.244 e. The summed E-state index contributed by atoms with van der Waals surface area (Å²) in [4.78, 5) is 0.341. The van der Waals surface area contributed by atoms with Gasteiger partial charge in [0.15, 0.2) is 0 Å². The van der Waals surface area contributed by atoms with Gasteiger partial charge < -0.3 is 10.3 Å². The molecule has 20 heavy (non-hydrogen) atoms. The van der Waals surface area contributed by atoms with E-state index in [0.29, 0.717) is 18.0 Å². The van der Waals surface area contributed by atoms with Crippen LogP contribution >= 0.6 is 0 Å². The Labute approximate surface area is 122 Å². The number of nitrogens with two attached hydrogens (primary N) is 1. The summed E-state index contributed by atoms with van der Waals surface area (Å²) in [5.74, 6) is 0. The van der Waals surface area contributed by atoms with Gasteiger partial charge in [-0.2, -0.15) is 4.31 Å². The van der Waals surface area contributed by atoms with Crippen molar-refractivity contribution in [3.63, 3.8) is 0 Å². The molecule has 6 heteroatoms. The molecule has 1 unspecified atom stereocenters. The maximum absolute atomic E-state index is 12.7. The van der Waals surface area contributed by atoms with E-state index in [9.17, 15) is 8.42 Å². The number of sulfonamides is 1. The first kappa shape index (κ1) is 17.2. The third-order valence-electron chi connectivity index (χ3n) is 3.67. The maximum atomic E-state index is 12.7. The van der Waals surface area contributed by atoms with Crippen molar-refractivity contribution in [1.29, 1.82) is 0 Å². The molecule has 1 aromatic rings. The lowest BCUT2D eigenvalue weighted by Crippen LogP contribution is -2.37. The molecule has 0 spiro atoms. The minimum Gasteiger partial charge on any atom is -0.346 e. The van der Waals surface area contributed by atoms with Gasteiger partial charge in [-0.25, -0.2) is 8.42 Å². The molecule has 0 saturated carbocycles. The molecule has 0 aromatic carbocycles. The molecule has 1 heterocycles. The Morgan fingerprint density at radius 2 is 1.90 bits per heavy atom. The van der Waals surface area contributed by atoms with E-state index in [2.05, 4.69) is 0 Å². The highest BCUT2D eigenvalue weighted by atomic mass is 32.2. The van der Waals surface area contributed by atoms with Gasteiger partial charge in [0.2, 0.25) is 10.0 Å². The smallest absolute Gasteiger partial charge is 0.244 e. The number of hydrogen-bond donors (Lipinski definition) is 1. The number of rotatable bonds is 7. The fraction of sp³-hybridized carbons (Fsp3) is 0.714. The third kappa shape index (κ3) is 3.24. The van der Waals surface area contributed by atoms with Crippen molar-refractivity contribution in [3.8, 4) is 0 Å². The Morgan fingerprint density at radius 3 is 2.25 bits per heavy atom. The summed E-state index contributed by atoms with van der Waals surface area (Å²) in [6, 6.07) is 1.88. The van der Waals surface area contributed by atoms with Crippen LogP contribution in [0.2, 0.25) is 0 Å². The van der Waals surface area contributed by atoms with Crippen LogP contribution in [0.1, 0.15) is 52.8 Å². The van der Waals surface area contributed by atoms with Gasteiger partial charge in [0, 0.05) is 37.1 Å². The van der Waals surface area contributed by atoms with Gasteiger partial charge in [-0.3, -0.25) is 0 Å². The predicted octanol–water partition coefficient (Wildman–Crippen LogP) is 2.34. The van der Waals surface area contributed by atoms with Crippen LogP contribution in [0.4, 0.5) is 0 Å². The summed E-state index contributed by atoms with van der Waals surface area (Å²) in [6.07, 6.45) is 2.49. The topological polar surface area (TPSA) is 68.3 Å². The van der Waals surface area contributed by atoms with E-state index in [1.54, 1.807) is 16.6 Å². The average Bonchev–Trinajstić information content (AvgIpc) is 2.83. The molecule has 0 amide bonds. The third-order valence-corrected chi connectivity index (χ3v) is 5.73. The Hall–Kier alpha value is -0.850. The molecule has 0 aliphatic heterocycles. The zero-order valence-electron chi connectivity index (χ0n) is 13.1. The van der Waals surface area contributed by atoms with Crippen molar-refractivity contribution in [2.45, 2.75) is 64.6 Å². The van der Waals surface area contributed by atoms with E-state index < -0.39 is 10.0 Å². The van der Waals surface area contributed by atoms with Crippen molar-refractivity contribution in [2.75, 3.05) is 6.54 Å². The van der Waals surface area contributed by atoms with Crippen LogP contribution in [0.25, 0.3) is 0 Å². The lowest BCUT2D eigenvalue weighted by atomic mass is 10.3. The highest BCUT2D eigenvalue weighted by Crippen LogP contribution is 2.23. The van der Waals surface area contributed by atoms with Gasteiger partial charge in [-0.05, 0) is 33.3 Å². The fourth-order valence-electron chi connectivity index (χ4n) is 2.34. The minimum absolute atomic E-state index is 0.00581. The summed E-state index contributed by atoms with van der Waals surface area (Å²) in [6.45, 7) is 10.6. The molecule has 0 aliphatic carbocycles. The lowest BCUT2D eigenvalue weighted by Gasteiger charge is -2.25. The molecular weight excluding hydrogens is 274 g/mol. The van der Waals surface area contributed by atoms with E-state index in [-0.39, 0.29) is 12.1 Å². The Balaban J connectivity index is 3.28. The molecule has 1 aromatic heterocycles. The van der Waals surface area contributed by atoms with Crippen LogP contribution in [-0.2, 0) is 16.6 Å². The molecule has 0 bridgehead atoms. The monoisotopic (exact) mass is 301 g/mol. The molecule has 0 fully saturated rings. The summed E-state index contributed by atoms with van der Waals surface area (Å²) in [7, 11) is -3.45. The fourth-order valence-corrected chi connectivity index (χ4v) is 4.10. The van der Waals surface area contributed by atoms with Crippen LogP contribution in [0.5, 0.6) is 0 Å². The first-order valence-corrected chi connectivity index (χ1v) is 8.66. The van der Waals surface area contributed by atoms with E-state index in [1.807, 2.05) is 39.2 Å². The van der Waals surface area contributed by atoms with Crippen molar-refractivity contribution in [1.82, 2.24) is 8.87 Å². The van der Waals surface area contributed by atoms with Gasteiger partial charge in [0.05, 0.1) is 0 Å². The van der Waals surface area contributed by atoms with Crippen molar-refractivity contribution >= 4 is 10.0 Å². The molecule has 1 rings (SSSR count). The zero-order valence-corrected chi connectivity index (χ0v) is 13.9. The molecule has 1 atom stereocenters. The van der Waals surface area contributed by atoms with Gasteiger partial charge in [-0.1, -0.05) is 13.8 Å². The van der Waals surface area contributed by atoms with Gasteiger partial charge in [-0.15, -0.1) is 0 Å². The van der Waals surface area contributed by atoms with Crippen molar-refractivity contribution < 1.29 is 8.42 Å². The van der Waals surface area contributed by atoms with Crippen LogP contribution in [0.3, 0.4) is 0 Å². The Kier molecular flexibility index (Phi) is 5.79. The summed E-state index contributed by atoms with van der Waals surface area (Å²) < 4.78 is 29.0. The summed E-state index contributed by atoms with van der Waals surface area (Å²) in [5.41, 5.74) is 6.56. The first-order valence-electron chi connectivity index (χ1n) is 7.22. The van der Waals surface area contributed by atoms with Crippen molar-refractivity contribution in [3.05, 3.63) is 18.0 Å². The lowest BCUT2D eigenvalue weighted by molar-refractivity contribution is 0.342. The average molecular weight is 301 g/mol. The Bertz CT molecular complexity index is 535. The van der Waals surface area contributed by atoms with Gasteiger partial charge in [0.1, 0.15) is 4.90 Å². The molecule has 0 saturated heterocycles. The second-order valence-corrected chi connectivity index (χ2v) is 7.23. The van der Waals surface area contributed by atoms with Crippen LogP contribution in [-0.4, -0.2) is 29.9 Å². The summed E-state index contributed by atoms with van der Waals surface area (Å²) in [5, 5.41) is 0. The van der Waals surface area contributed by atoms with Crippen LogP contribution < -0.4 is 5.73 Å². The van der Waals surface area contributed by atoms with Gasteiger partial charge in [0.25, 0.3) is 0 Å². The molecule has 0 radical (unpaired) electrons.